The zero-order chi connectivity index (χ0) is 21.8. The molecule has 1 atom stereocenters. The maximum Gasteiger partial charge on any atom is 0.234 e. The van der Waals surface area contributed by atoms with Crippen LogP contribution in [-0.4, -0.2) is 26.4 Å². The number of thioether (sulfide) groups is 1. The normalized spacial score (nSPS) is 11.9. The molecule has 0 saturated carbocycles. The van der Waals surface area contributed by atoms with Crippen molar-refractivity contribution < 1.29 is 9.53 Å². The number of anilines is 1. The van der Waals surface area contributed by atoms with E-state index in [0.29, 0.717) is 26.7 Å². The summed E-state index contributed by atoms with van der Waals surface area (Å²) < 4.78 is 7.85. The minimum absolute atomic E-state index is 0.164. The summed E-state index contributed by atoms with van der Waals surface area (Å²) in [5, 5.41) is 12.7. The van der Waals surface area contributed by atoms with Gasteiger partial charge in [-0.3, -0.25) is 4.79 Å². The summed E-state index contributed by atoms with van der Waals surface area (Å²) >= 11 is 13.3. The molecule has 9 heteroatoms. The second-order valence-corrected chi connectivity index (χ2v) is 8.65. The first-order chi connectivity index (χ1) is 14.2. The standard InChI is InChI=1S/C21H22Cl2N4O2S/c1-12-5-7-16(9-13(12)2)29-14(3)20-25-26-21(27(20)4)30-11-19(28)24-18-8-6-15(22)10-17(18)23/h5-10,14H,11H2,1-4H3,(H,24,28). The van der Waals surface area contributed by atoms with Crippen LogP contribution in [0.25, 0.3) is 0 Å². The average Bonchev–Trinajstić information content (AvgIpc) is 3.06. The molecule has 0 bridgehead atoms. The summed E-state index contributed by atoms with van der Waals surface area (Å²) in [6.45, 7) is 6.03. The molecule has 0 fully saturated rings. The lowest BCUT2D eigenvalue weighted by Gasteiger charge is -2.15. The Bertz CT molecular complexity index is 1070. The number of nitrogens with one attached hydrogen (secondary N) is 1. The molecule has 0 aliphatic rings. The fourth-order valence-corrected chi connectivity index (χ4v) is 3.93. The highest BCUT2D eigenvalue weighted by Gasteiger charge is 2.18. The van der Waals surface area contributed by atoms with Crippen LogP contribution in [0, 0.1) is 13.8 Å². The predicted octanol–water partition coefficient (Wildman–Crippen LogP) is 5.61. The van der Waals surface area contributed by atoms with Crippen LogP contribution >= 0.6 is 35.0 Å². The van der Waals surface area contributed by atoms with Gasteiger partial charge in [-0.1, -0.05) is 41.0 Å². The van der Waals surface area contributed by atoms with E-state index in [0.717, 1.165) is 5.75 Å². The summed E-state index contributed by atoms with van der Waals surface area (Å²) in [6.07, 6.45) is -0.291. The Hall–Kier alpha value is -2.22. The van der Waals surface area contributed by atoms with E-state index in [2.05, 4.69) is 22.4 Å². The summed E-state index contributed by atoms with van der Waals surface area (Å²) in [4.78, 5) is 12.3. The first-order valence-corrected chi connectivity index (χ1v) is 11.0. The third-order valence-corrected chi connectivity index (χ3v) is 6.13. The van der Waals surface area contributed by atoms with Crippen molar-refractivity contribution in [1.82, 2.24) is 14.8 Å². The quantitative estimate of drug-likeness (QED) is 0.460. The van der Waals surface area contributed by atoms with E-state index in [1.54, 1.807) is 18.2 Å². The van der Waals surface area contributed by atoms with E-state index >= 15 is 0 Å². The van der Waals surface area contributed by atoms with Gasteiger partial charge in [0.1, 0.15) is 5.75 Å². The van der Waals surface area contributed by atoms with Crippen LogP contribution in [-0.2, 0) is 11.8 Å². The Kier molecular flexibility index (Phi) is 7.28. The number of nitrogens with zero attached hydrogens (tertiary/aromatic N) is 3. The molecule has 3 aromatic rings. The number of halogens is 2. The fourth-order valence-electron chi connectivity index (χ4n) is 2.76. The lowest BCUT2D eigenvalue weighted by atomic mass is 10.1. The molecule has 2 aromatic carbocycles. The van der Waals surface area contributed by atoms with Crippen LogP contribution in [0.15, 0.2) is 41.6 Å². The first kappa shape index (κ1) is 22.5. The number of carbonyl (C=O) groups excluding carboxylic acids is 1. The Morgan fingerprint density at radius 3 is 2.63 bits per heavy atom. The van der Waals surface area contributed by atoms with Crippen LogP contribution in [0.5, 0.6) is 5.75 Å². The maximum atomic E-state index is 12.3. The van der Waals surface area contributed by atoms with Crippen LogP contribution in [0.4, 0.5) is 5.69 Å². The Morgan fingerprint density at radius 2 is 1.93 bits per heavy atom. The highest BCUT2D eigenvalue weighted by atomic mass is 35.5. The van der Waals surface area contributed by atoms with E-state index in [1.165, 1.54) is 22.9 Å². The minimum Gasteiger partial charge on any atom is -0.483 e. The van der Waals surface area contributed by atoms with Crippen LogP contribution in [0.3, 0.4) is 0 Å². The topological polar surface area (TPSA) is 69.0 Å². The molecule has 1 N–H and O–H groups in total. The molecule has 0 radical (unpaired) electrons. The van der Waals surface area contributed by atoms with Gasteiger partial charge in [0.05, 0.1) is 16.5 Å². The van der Waals surface area contributed by atoms with Crippen molar-refractivity contribution in [2.75, 3.05) is 11.1 Å². The van der Waals surface area contributed by atoms with Gasteiger partial charge in [0.15, 0.2) is 17.1 Å². The van der Waals surface area contributed by atoms with Gasteiger partial charge < -0.3 is 14.6 Å². The molecule has 0 aliphatic carbocycles. The van der Waals surface area contributed by atoms with E-state index in [1.807, 2.05) is 43.7 Å². The van der Waals surface area contributed by atoms with Crippen molar-refractivity contribution in [2.24, 2.45) is 7.05 Å². The van der Waals surface area contributed by atoms with Crippen LogP contribution < -0.4 is 10.1 Å². The molecule has 0 aliphatic heterocycles. The molecule has 158 valence electrons. The van der Waals surface area contributed by atoms with Gasteiger partial charge in [-0.05, 0) is 62.2 Å². The predicted molar refractivity (Wildman–Crippen MR) is 122 cm³/mol. The highest BCUT2D eigenvalue weighted by molar-refractivity contribution is 7.99. The van der Waals surface area contributed by atoms with Gasteiger partial charge in [-0.15, -0.1) is 10.2 Å². The summed E-state index contributed by atoms with van der Waals surface area (Å²) in [7, 11) is 1.85. The molecule has 6 nitrogen and oxygen atoms in total. The molecular formula is C21H22Cl2N4O2S. The number of hydrogen-bond donors (Lipinski definition) is 1. The van der Waals surface area contributed by atoms with Gasteiger partial charge in [0.25, 0.3) is 0 Å². The molecule has 1 heterocycles. The maximum absolute atomic E-state index is 12.3. The lowest BCUT2D eigenvalue weighted by Crippen LogP contribution is -2.15. The van der Waals surface area contributed by atoms with E-state index < -0.39 is 0 Å². The Balaban J connectivity index is 1.60. The van der Waals surface area contributed by atoms with Crippen LogP contribution in [0.2, 0.25) is 10.0 Å². The number of rotatable bonds is 7. The Morgan fingerprint density at radius 1 is 1.17 bits per heavy atom. The number of hydrogen-bond acceptors (Lipinski definition) is 5. The SMILES string of the molecule is Cc1ccc(OC(C)c2nnc(SCC(=O)Nc3ccc(Cl)cc3Cl)n2C)cc1C. The summed E-state index contributed by atoms with van der Waals surface area (Å²) in [6, 6.07) is 10.9. The molecule has 1 aromatic heterocycles. The second kappa shape index (κ2) is 9.73. The number of aryl methyl sites for hydroxylation is 2. The first-order valence-electron chi connectivity index (χ1n) is 9.25. The van der Waals surface area contributed by atoms with Gasteiger partial charge in [-0.2, -0.15) is 0 Å². The summed E-state index contributed by atoms with van der Waals surface area (Å²) in [5.74, 6) is 1.42. The monoisotopic (exact) mass is 464 g/mol. The Labute approximate surface area is 189 Å². The average molecular weight is 465 g/mol. The molecule has 1 unspecified atom stereocenters. The molecule has 0 saturated heterocycles. The van der Waals surface area contributed by atoms with E-state index in [-0.39, 0.29) is 17.8 Å². The van der Waals surface area contributed by atoms with Crippen molar-refractivity contribution in [3.8, 4) is 5.75 Å². The van der Waals surface area contributed by atoms with Gasteiger partial charge in [-0.25, -0.2) is 0 Å². The molecule has 0 spiro atoms. The molecule has 1 amide bonds. The van der Waals surface area contributed by atoms with Crippen molar-refractivity contribution in [1.29, 1.82) is 0 Å². The lowest BCUT2D eigenvalue weighted by molar-refractivity contribution is -0.113. The van der Waals surface area contributed by atoms with Crippen molar-refractivity contribution >= 4 is 46.6 Å². The second-order valence-electron chi connectivity index (χ2n) is 6.87. The summed E-state index contributed by atoms with van der Waals surface area (Å²) in [5.41, 5.74) is 2.90. The van der Waals surface area contributed by atoms with E-state index in [4.69, 9.17) is 27.9 Å². The number of amides is 1. The number of carbonyl (C=O) groups is 1. The van der Waals surface area contributed by atoms with Gasteiger partial charge in [0, 0.05) is 12.1 Å². The smallest absolute Gasteiger partial charge is 0.234 e. The van der Waals surface area contributed by atoms with Crippen molar-refractivity contribution in [2.45, 2.75) is 32.0 Å². The van der Waals surface area contributed by atoms with Crippen molar-refractivity contribution in [3.05, 3.63) is 63.4 Å². The third-order valence-electron chi connectivity index (χ3n) is 4.56. The van der Waals surface area contributed by atoms with Crippen molar-refractivity contribution in [3.63, 3.8) is 0 Å². The van der Waals surface area contributed by atoms with Gasteiger partial charge in [0.2, 0.25) is 5.91 Å². The highest BCUT2D eigenvalue weighted by Crippen LogP contribution is 2.27. The molecular weight excluding hydrogens is 443 g/mol. The number of aromatic nitrogens is 3. The minimum atomic E-state index is -0.291. The largest absolute Gasteiger partial charge is 0.483 e. The van der Waals surface area contributed by atoms with Crippen LogP contribution in [0.1, 0.15) is 30.0 Å². The molecule has 3 rings (SSSR count). The zero-order valence-electron chi connectivity index (χ0n) is 17.1. The third kappa shape index (κ3) is 5.47. The zero-order valence-corrected chi connectivity index (χ0v) is 19.4. The van der Waals surface area contributed by atoms with E-state index in [9.17, 15) is 4.79 Å². The molecule has 30 heavy (non-hydrogen) atoms. The number of benzene rings is 2. The number of ether oxygens (including phenoxy) is 1. The van der Waals surface area contributed by atoms with Gasteiger partial charge >= 0.3 is 0 Å². The fraction of sp³-hybridized carbons (Fsp3) is 0.286.